The molecule has 4 aliphatic rings. The third-order valence-corrected chi connectivity index (χ3v) is 12.2. The number of aliphatic hydroxyl groups is 2. The number of hydrogen-bond donors (Lipinski definition) is 5. The molecule has 0 saturated heterocycles. The molecule has 11 nitrogen and oxygen atoms in total. The summed E-state index contributed by atoms with van der Waals surface area (Å²) in [4.78, 5) is 25.1. The molecule has 242 valence electrons. The smallest absolute Gasteiger partial charge is 0.335 e. The highest BCUT2D eigenvalue weighted by Crippen LogP contribution is 2.72. The van der Waals surface area contributed by atoms with Gasteiger partial charge in [0.05, 0.1) is 35.2 Å². The fourth-order valence-electron chi connectivity index (χ4n) is 10.2. The van der Waals surface area contributed by atoms with Crippen LogP contribution in [0.3, 0.4) is 0 Å². The van der Waals surface area contributed by atoms with Crippen molar-refractivity contribution in [1.82, 2.24) is 15.0 Å². The number of rotatable bonds is 6. The summed E-state index contributed by atoms with van der Waals surface area (Å²) in [5, 5.41) is 42.7. The van der Waals surface area contributed by atoms with Gasteiger partial charge in [-0.15, -0.1) is 5.10 Å². The Balaban J connectivity index is 1.69. The third kappa shape index (κ3) is 4.53. The fourth-order valence-corrected chi connectivity index (χ4v) is 10.2. The zero-order chi connectivity index (χ0) is 32.4. The molecule has 0 spiro atoms. The van der Waals surface area contributed by atoms with Crippen molar-refractivity contribution in [3.63, 3.8) is 0 Å². The van der Waals surface area contributed by atoms with Gasteiger partial charge in [0.1, 0.15) is 6.10 Å². The van der Waals surface area contributed by atoms with E-state index in [2.05, 4.69) is 24.2 Å². The fraction of sp³-hybridized carbons (Fsp3) is 0.697. The molecule has 4 saturated carbocycles. The lowest BCUT2D eigenvalue weighted by Crippen LogP contribution is -2.78. The molecule has 4 aliphatic carbocycles. The van der Waals surface area contributed by atoms with Crippen LogP contribution in [0.2, 0.25) is 0 Å². The number of nitrogens with zero attached hydrogens (tertiary/aromatic N) is 3. The van der Waals surface area contributed by atoms with E-state index in [9.17, 15) is 24.9 Å². The topological polar surface area (TPSA) is 187 Å². The van der Waals surface area contributed by atoms with E-state index >= 15 is 0 Å². The van der Waals surface area contributed by atoms with E-state index < -0.39 is 64.0 Å². The van der Waals surface area contributed by atoms with Gasteiger partial charge in [0, 0.05) is 36.3 Å². The summed E-state index contributed by atoms with van der Waals surface area (Å²) in [5.74, 6) is -2.67. The minimum absolute atomic E-state index is 0.0689. The van der Waals surface area contributed by atoms with Crippen LogP contribution in [0.1, 0.15) is 85.8 Å². The summed E-state index contributed by atoms with van der Waals surface area (Å²) >= 11 is 0. The molecule has 1 aromatic heterocycles. The Bertz CT molecular complexity index is 1410. The van der Waals surface area contributed by atoms with Gasteiger partial charge in [-0.05, 0) is 75.4 Å². The molecular formula is C33H49N5O6. The Labute approximate surface area is 259 Å². The molecule has 44 heavy (non-hydrogen) atoms. The molecule has 1 heterocycles. The molecule has 4 fully saturated rings. The average molecular weight is 612 g/mol. The van der Waals surface area contributed by atoms with E-state index in [1.165, 1.54) is 6.92 Å². The van der Waals surface area contributed by atoms with Crippen LogP contribution in [0, 0.1) is 28.6 Å². The number of carboxylic acids is 1. The van der Waals surface area contributed by atoms with Crippen LogP contribution in [0.15, 0.2) is 41.1 Å². The third-order valence-electron chi connectivity index (χ3n) is 12.2. The summed E-state index contributed by atoms with van der Waals surface area (Å²) in [6.45, 7) is 11.7. The van der Waals surface area contributed by atoms with Crippen molar-refractivity contribution in [2.45, 2.75) is 116 Å². The number of carbonyl (C=O) groups is 2. The van der Waals surface area contributed by atoms with Crippen molar-refractivity contribution in [3.8, 4) is 0 Å². The molecule has 10 atom stereocenters. The predicted molar refractivity (Wildman–Crippen MR) is 164 cm³/mol. The number of carboxylic acid groups (broad SMARTS) is 1. The lowest BCUT2D eigenvalue weighted by molar-refractivity contribution is -0.237. The summed E-state index contributed by atoms with van der Waals surface area (Å²) in [6, 6.07) is 0. The number of aliphatic carboxylic acids is 1. The van der Waals surface area contributed by atoms with Gasteiger partial charge in [0.15, 0.2) is 0 Å². The number of aromatic nitrogens is 3. The van der Waals surface area contributed by atoms with Gasteiger partial charge in [0.25, 0.3) is 0 Å². The number of carbonyl (C=O) groups excluding carboxylic acids is 1. The predicted octanol–water partition coefficient (Wildman–Crippen LogP) is 2.96. The summed E-state index contributed by atoms with van der Waals surface area (Å²) in [7, 11) is 0. The number of ether oxygens (including phenoxy) is 1. The second-order valence-electron chi connectivity index (χ2n) is 14.5. The molecule has 0 unspecified atom stereocenters. The van der Waals surface area contributed by atoms with Gasteiger partial charge in [-0.3, -0.25) is 4.79 Å². The largest absolute Gasteiger partial charge is 0.478 e. The van der Waals surface area contributed by atoms with Crippen molar-refractivity contribution in [1.29, 1.82) is 0 Å². The number of esters is 1. The maximum Gasteiger partial charge on any atom is 0.335 e. The number of nitrogens with two attached hydrogens (primary N) is 2. The molecule has 0 aliphatic heterocycles. The van der Waals surface area contributed by atoms with Crippen LogP contribution < -0.4 is 11.5 Å². The van der Waals surface area contributed by atoms with Crippen molar-refractivity contribution < 1.29 is 29.6 Å². The minimum atomic E-state index is -1.12. The summed E-state index contributed by atoms with van der Waals surface area (Å²) in [5.41, 5.74) is 12.9. The van der Waals surface area contributed by atoms with E-state index in [-0.39, 0.29) is 24.5 Å². The maximum absolute atomic E-state index is 12.7. The van der Waals surface area contributed by atoms with Crippen LogP contribution in [-0.2, 0) is 26.4 Å². The standard InChI is InChI=1S/C33H49N5O6/c1-18(2)8-7-9-22(29(42)43)27-23-14-25(41)28-30(5)11-10-24(40)19(3)33(30,38-17-21(16-34)36-37-38)13-12-32(28,35)31(23,6)15-26(27)44-20(4)39/h7-9,17,19,23-26,28,40-41H,10-16,34-35H2,1-6H3,(H,42,43)/b9-7-,27-22-/t19-,23+,24-,25-,26+,28+,30-,31+,32-,33-/m1/s1. The molecule has 5 rings (SSSR count). The molecule has 0 bridgehead atoms. The van der Waals surface area contributed by atoms with Crippen LogP contribution >= 0.6 is 0 Å². The second kappa shape index (κ2) is 11.2. The molecule has 0 amide bonds. The number of hydrogen-bond acceptors (Lipinski definition) is 9. The lowest BCUT2D eigenvalue weighted by atomic mass is 9.37. The number of aliphatic hydroxyl groups excluding tert-OH is 2. The van der Waals surface area contributed by atoms with Crippen LogP contribution in [-0.4, -0.2) is 66.1 Å². The van der Waals surface area contributed by atoms with Gasteiger partial charge in [0.2, 0.25) is 0 Å². The quantitative estimate of drug-likeness (QED) is 0.182. The Hall–Kier alpha value is -2.86. The highest BCUT2D eigenvalue weighted by Gasteiger charge is 2.75. The van der Waals surface area contributed by atoms with E-state index in [0.29, 0.717) is 43.4 Å². The Morgan fingerprint density at radius 2 is 1.84 bits per heavy atom. The van der Waals surface area contributed by atoms with E-state index in [1.54, 1.807) is 12.2 Å². The van der Waals surface area contributed by atoms with Crippen LogP contribution in [0.25, 0.3) is 0 Å². The first kappa shape index (κ1) is 32.5. The highest BCUT2D eigenvalue weighted by molar-refractivity contribution is 5.91. The number of fused-ring (bicyclic) bond motifs is 5. The maximum atomic E-state index is 12.7. The SMILES string of the molecule is CC(=O)O[C@H]1C[C@@]2(C)[C@@H](C[C@@H](O)[C@@H]3[C@]2(N)CC[C@@]2(n4cc(CN)nn4)[C@H](C)[C@H](O)CC[C@]32C)/C1=C(\C=C/C=C(C)C)C(=O)O. The van der Waals surface area contributed by atoms with Gasteiger partial charge in [-0.25, -0.2) is 9.48 Å². The molecule has 0 radical (unpaired) electrons. The van der Waals surface area contributed by atoms with Gasteiger partial charge >= 0.3 is 11.9 Å². The van der Waals surface area contributed by atoms with Crippen molar-refractivity contribution in [2.75, 3.05) is 0 Å². The summed E-state index contributed by atoms with van der Waals surface area (Å²) < 4.78 is 7.73. The Morgan fingerprint density at radius 1 is 1.14 bits per heavy atom. The van der Waals surface area contributed by atoms with Gasteiger partial charge in [-0.1, -0.05) is 43.7 Å². The first-order valence-corrected chi connectivity index (χ1v) is 15.8. The zero-order valence-corrected chi connectivity index (χ0v) is 26.8. The number of allylic oxidation sites excluding steroid dienone is 3. The lowest BCUT2D eigenvalue weighted by Gasteiger charge is -2.71. The Morgan fingerprint density at radius 3 is 2.43 bits per heavy atom. The first-order valence-electron chi connectivity index (χ1n) is 15.8. The van der Waals surface area contributed by atoms with Crippen LogP contribution in [0.4, 0.5) is 0 Å². The molecule has 0 aromatic carbocycles. The van der Waals surface area contributed by atoms with Gasteiger partial charge < -0.3 is 31.5 Å². The van der Waals surface area contributed by atoms with Gasteiger partial charge in [-0.2, -0.15) is 0 Å². The minimum Gasteiger partial charge on any atom is -0.478 e. The van der Waals surface area contributed by atoms with Crippen LogP contribution in [0.5, 0.6) is 0 Å². The molecule has 1 aromatic rings. The first-order chi connectivity index (χ1) is 20.6. The molecule has 7 N–H and O–H groups in total. The van der Waals surface area contributed by atoms with Crippen molar-refractivity contribution >= 4 is 11.9 Å². The second-order valence-corrected chi connectivity index (χ2v) is 14.5. The van der Waals surface area contributed by atoms with Crippen molar-refractivity contribution in [3.05, 3.63) is 46.8 Å². The van der Waals surface area contributed by atoms with E-state index in [0.717, 1.165) is 5.57 Å². The molecular weight excluding hydrogens is 562 g/mol. The van der Waals surface area contributed by atoms with E-state index in [1.807, 2.05) is 37.7 Å². The molecule has 11 heteroatoms. The Kier molecular flexibility index (Phi) is 8.27. The highest BCUT2D eigenvalue weighted by atomic mass is 16.5. The monoisotopic (exact) mass is 611 g/mol. The zero-order valence-electron chi connectivity index (χ0n) is 26.8. The van der Waals surface area contributed by atoms with E-state index in [4.69, 9.17) is 16.2 Å². The summed E-state index contributed by atoms with van der Waals surface area (Å²) in [6.07, 6.45) is 7.56. The van der Waals surface area contributed by atoms with Crippen molar-refractivity contribution in [2.24, 2.45) is 40.1 Å². The normalized spacial score (nSPS) is 42.7. The average Bonchev–Trinajstić information content (AvgIpc) is 3.52.